The van der Waals surface area contributed by atoms with Gasteiger partial charge in [-0.25, -0.2) is 0 Å². The van der Waals surface area contributed by atoms with Crippen molar-refractivity contribution in [1.82, 2.24) is 5.43 Å². The molecule has 20 heavy (non-hydrogen) atoms. The number of carbonyl (C=O) groups is 1. The summed E-state index contributed by atoms with van der Waals surface area (Å²) >= 11 is 4.62. The maximum atomic E-state index is 10.7. The number of hydrazone groups is 1. The van der Waals surface area contributed by atoms with Crippen LogP contribution in [0.15, 0.2) is 23.3 Å². The zero-order valence-electron chi connectivity index (χ0n) is 11.0. The summed E-state index contributed by atoms with van der Waals surface area (Å²) in [6.07, 6.45) is 1.53. The Hall–Kier alpha value is -2.35. The van der Waals surface area contributed by atoms with Crippen LogP contribution in [0.2, 0.25) is 0 Å². The van der Waals surface area contributed by atoms with Crippen molar-refractivity contribution in [2.75, 3.05) is 13.2 Å². The molecule has 1 aromatic rings. The van der Waals surface area contributed by atoms with Crippen molar-refractivity contribution in [3.05, 3.63) is 23.8 Å². The zero-order chi connectivity index (χ0) is 15.0. The van der Waals surface area contributed by atoms with Gasteiger partial charge >= 0.3 is 0 Å². The number of nitrogens with zero attached hydrogens (tertiary/aromatic N) is 1. The summed E-state index contributed by atoms with van der Waals surface area (Å²) in [6, 6.07) is 5.12. The Kier molecular flexibility index (Phi) is 6.24. The van der Waals surface area contributed by atoms with Crippen molar-refractivity contribution in [3.63, 3.8) is 0 Å². The first-order valence-corrected chi connectivity index (χ1v) is 6.20. The average molecular weight is 296 g/mol. The van der Waals surface area contributed by atoms with Gasteiger partial charge in [-0.15, -0.1) is 0 Å². The monoisotopic (exact) mass is 296 g/mol. The maximum Gasteiger partial charge on any atom is 0.255 e. The summed E-state index contributed by atoms with van der Waals surface area (Å²) in [5.41, 5.74) is 13.5. The van der Waals surface area contributed by atoms with Gasteiger partial charge in [-0.1, -0.05) is 0 Å². The predicted octanol–water partition coefficient (Wildman–Crippen LogP) is 0.117. The number of nitrogens with two attached hydrogens (primary N) is 2. The highest BCUT2D eigenvalue weighted by Gasteiger charge is 2.07. The topological polar surface area (TPSA) is 112 Å². The summed E-state index contributed by atoms with van der Waals surface area (Å²) in [5, 5.41) is 3.91. The molecule has 5 N–H and O–H groups in total. The van der Waals surface area contributed by atoms with Gasteiger partial charge in [-0.2, -0.15) is 5.10 Å². The molecular formula is C12H16N4O3S. The number of benzene rings is 1. The Morgan fingerprint density at radius 3 is 2.75 bits per heavy atom. The van der Waals surface area contributed by atoms with Crippen LogP contribution in [0.4, 0.5) is 0 Å². The van der Waals surface area contributed by atoms with E-state index in [1.807, 2.05) is 6.92 Å². The standard InChI is InChI=1S/C12H16N4O3S/c1-2-18-10-5-8(6-15-16-12(14)20)3-4-9(10)19-7-11(13)17/h3-6H,2,7H2,1H3,(H2,13,17)(H3,14,16,20)/b15-6-. The van der Waals surface area contributed by atoms with Gasteiger partial charge in [0.05, 0.1) is 12.8 Å². The van der Waals surface area contributed by atoms with Gasteiger partial charge < -0.3 is 20.9 Å². The van der Waals surface area contributed by atoms with Crippen molar-refractivity contribution in [2.45, 2.75) is 6.92 Å². The van der Waals surface area contributed by atoms with Crippen molar-refractivity contribution >= 4 is 29.5 Å². The fourth-order valence-electron chi connectivity index (χ4n) is 1.31. The summed E-state index contributed by atoms with van der Waals surface area (Å²) in [7, 11) is 0. The van der Waals surface area contributed by atoms with Crippen LogP contribution < -0.4 is 26.4 Å². The molecule has 0 saturated heterocycles. The van der Waals surface area contributed by atoms with Gasteiger partial charge in [0.25, 0.3) is 5.91 Å². The zero-order valence-corrected chi connectivity index (χ0v) is 11.8. The Morgan fingerprint density at radius 2 is 2.15 bits per heavy atom. The van der Waals surface area contributed by atoms with Crippen LogP contribution in [0.3, 0.4) is 0 Å². The lowest BCUT2D eigenvalue weighted by Gasteiger charge is -2.11. The first-order chi connectivity index (χ1) is 9.52. The van der Waals surface area contributed by atoms with Gasteiger partial charge in [0.15, 0.2) is 23.2 Å². The Morgan fingerprint density at radius 1 is 1.40 bits per heavy atom. The number of primary amides is 1. The van der Waals surface area contributed by atoms with Crippen molar-refractivity contribution in [1.29, 1.82) is 0 Å². The van der Waals surface area contributed by atoms with Gasteiger partial charge in [0.1, 0.15) is 0 Å². The Bertz CT molecular complexity index is 519. The lowest BCUT2D eigenvalue weighted by atomic mass is 10.2. The molecule has 0 fully saturated rings. The lowest BCUT2D eigenvalue weighted by Crippen LogP contribution is -2.24. The van der Waals surface area contributed by atoms with E-state index < -0.39 is 5.91 Å². The number of carbonyl (C=O) groups excluding carboxylic acids is 1. The fourth-order valence-corrected chi connectivity index (χ4v) is 1.36. The van der Waals surface area contributed by atoms with E-state index in [-0.39, 0.29) is 11.7 Å². The third-order valence-corrected chi connectivity index (χ3v) is 2.12. The summed E-state index contributed by atoms with van der Waals surface area (Å²) < 4.78 is 10.7. The van der Waals surface area contributed by atoms with Gasteiger partial charge in [0, 0.05) is 0 Å². The molecule has 0 aliphatic rings. The van der Waals surface area contributed by atoms with E-state index in [1.165, 1.54) is 6.21 Å². The largest absolute Gasteiger partial charge is 0.490 e. The number of thiocarbonyl (C=S) groups is 1. The van der Waals surface area contributed by atoms with E-state index in [9.17, 15) is 4.79 Å². The van der Waals surface area contributed by atoms with Crippen LogP contribution >= 0.6 is 12.2 Å². The normalized spacial score (nSPS) is 10.2. The maximum absolute atomic E-state index is 10.7. The van der Waals surface area contributed by atoms with Crippen LogP contribution in [0.1, 0.15) is 12.5 Å². The number of rotatable bonds is 7. The third kappa shape index (κ3) is 5.53. The molecule has 0 radical (unpaired) electrons. The van der Waals surface area contributed by atoms with Crippen LogP contribution in [-0.4, -0.2) is 30.4 Å². The van der Waals surface area contributed by atoms with Crippen LogP contribution in [-0.2, 0) is 4.79 Å². The SMILES string of the molecule is CCOc1cc(/C=N\NC(N)=S)ccc1OCC(N)=O. The first-order valence-electron chi connectivity index (χ1n) is 5.79. The van der Waals surface area contributed by atoms with Crippen LogP contribution in [0.25, 0.3) is 0 Å². The number of hydrogen-bond donors (Lipinski definition) is 3. The van der Waals surface area contributed by atoms with Crippen molar-refractivity contribution < 1.29 is 14.3 Å². The minimum atomic E-state index is -0.557. The van der Waals surface area contributed by atoms with Crippen molar-refractivity contribution in [3.8, 4) is 11.5 Å². The van der Waals surface area contributed by atoms with Crippen LogP contribution in [0, 0.1) is 0 Å². The molecule has 7 nitrogen and oxygen atoms in total. The second-order valence-electron chi connectivity index (χ2n) is 3.63. The minimum absolute atomic E-state index is 0.0766. The predicted molar refractivity (Wildman–Crippen MR) is 79.8 cm³/mol. The molecular weight excluding hydrogens is 280 g/mol. The third-order valence-electron chi connectivity index (χ3n) is 2.03. The van der Waals surface area contributed by atoms with E-state index in [2.05, 4.69) is 22.7 Å². The van der Waals surface area contributed by atoms with E-state index in [4.69, 9.17) is 20.9 Å². The molecule has 0 unspecified atom stereocenters. The number of nitrogens with one attached hydrogen (secondary N) is 1. The molecule has 0 spiro atoms. The Balaban J connectivity index is 2.85. The molecule has 0 aromatic heterocycles. The molecule has 0 aliphatic heterocycles. The highest BCUT2D eigenvalue weighted by molar-refractivity contribution is 7.80. The molecule has 8 heteroatoms. The summed E-state index contributed by atoms with van der Waals surface area (Å²) in [4.78, 5) is 10.7. The van der Waals surface area contributed by atoms with Crippen LogP contribution in [0.5, 0.6) is 11.5 Å². The highest BCUT2D eigenvalue weighted by Crippen LogP contribution is 2.27. The minimum Gasteiger partial charge on any atom is -0.490 e. The molecule has 1 amide bonds. The first kappa shape index (κ1) is 15.7. The molecule has 0 heterocycles. The molecule has 0 saturated carbocycles. The van der Waals surface area contributed by atoms with Gasteiger partial charge in [-0.05, 0) is 42.9 Å². The molecule has 108 valence electrons. The number of amides is 1. The molecule has 0 bridgehead atoms. The highest BCUT2D eigenvalue weighted by atomic mass is 32.1. The quantitative estimate of drug-likeness (QED) is 0.374. The van der Waals surface area contributed by atoms with E-state index in [0.29, 0.717) is 18.1 Å². The number of ether oxygens (including phenoxy) is 2. The number of hydrogen-bond acceptors (Lipinski definition) is 5. The van der Waals surface area contributed by atoms with Gasteiger partial charge in [0.2, 0.25) is 0 Å². The second-order valence-corrected chi connectivity index (χ2v) is 4.07. The smallest absolute Gasteiger partial charge is 0.255 e. The Labute approximate surface area is 121 Å². The molecule has 1 rings (SSSR count). The summed E-state index contributed by atoms with van der Waals surface area (Å²) in [6.45, 7) is 2.09. The van der Waals surface area contributed by atoms with E-state index in [1.54, 1.807) is 18.2 Å². The molecule has 0 atom stereocenters. The van der Waals surface area contributed by atoms with Gasteiger partial charge in [-0.3, -0.25) is 10.2 Å². The van der Waals surface area contributed by atoms with E-state index in [0.717, 1.165) is 5.56 Å². The van der Waals surface area contributed by atoms with Crippen molar-refractivity contribution in [2.24, 2.45) is 16.6 Å². The molecule has 1 aromatic carbocycles. The second kappa shape index (κ2) is 7.95. The average Bonchev–Trinajstić information content (AvgIpc) is 2.37. The van der Waals surface area contributed by atoms with E-state index >= 15 is 0 Å². The lowest BCUT2D eigenvalue weighted by molar-refractivity contribution is -0.119. The molecule has 0 aliphatic carbocycles. The summed E-state index contributed by atoms with van der Waals surface area (Å²) in [5.74, 6) is 0.372. The fraction of sp³-hybridized carbons (Fsp3) is 0.250.